The van der Waals surface area contributed by atoms with Gasteiger partial charge < -0.3 is 5.73 Å². The molecule has 0 radical (unpaired) electrons. The minimum Gasteiger partial charge on any atom is -0.325 e. The van der Waals surface area contributed by atoms with E-state index in [2.05, 4.69) is 63.2 Å². The van der Waals surface area contributed by atoms with Crippen molar-refractivity contribution >= 4 is 10.8 Å². The molecular formula is C17H23N. The predicted molar refractivity (Wildman–Crippen MR) is 79.7 cm³/mol. The lowest BCUT2D eigenvalue weighted by Crippen LogP contribution is -2.44. The van der Waals surface area contributed by atoms with Crippen LogP contribution in [0.5, 0.6) is 0 Å². The van der Waals surface area contributed by atoms with Crippen molar-refractivity contribution in [2.24, 2.45) is 11.7 Å². The van der Waals surface area contributed by atoms with Gasteiger partial charge in [-0.25, -0.2) is 0 Å². The van der Waals surface area contributed by atoms with Gasteiger partial charge in [0.2, 0.25) is 0 Å². The standard InChI is InChI=1S/C17H23N/c1-4-13(2)17(3,18)12-15-10-7-9-14-8-5-6-11-16(14)15/h5-11,13H,4,12,18H2,1-3H3. The second-order valence-electron chi connectivity index (χ2n) is 5.63. The Morgan fingerprint density at radius 2 is 1.78 bits per heavy atom. The molecule has 2 unspecified atom stereocenters. The molecule has 96 valence electrons. The zero-order valence-electron chi connectivity index (χ0n) is 11.6. The molecule has 2 atom stereocenters. The molecule has 0 saturated heterocycles. The van der Waals surface area contributed by atoms with Gasteiger partial charge in [0.25, 0.3) is 0 Å². The van der Waals surface area contributed by atoms with E-state index in [0.29, 0.717) is 5.92 Å². The molecule has 0 aliphatic rings. The van der Waals surface area contributed by atoms with Crippen LogP contribution in [-0.4, -0.2) is 5.54 Å². The van der Waals surface area contributed by atoms with Gasteiger partial charge in [0.05, 0.1) is 0 Å². The number of fused-ring (bicyclic) bond motifs is 1. The number of nitrogens with two attached hydrogens (primary N) is 1. The van der Waals surface area contributed by atoms with Gasteiger partial charge in [-0.2, -0.15) is 0 Å². The summed E-state index contributed by atoms with van der Waals surface area (Å²) in [6.07, 6.45) is 2.06. The van der Waals surface area contributed by atoms with Crippen molar-refractivity contribution in [3.8, 4) is 0 Å². The van der Waals surface area contributed by atoms with Crippen molar-refractivity contribution in [1.82, 2.24) is 0 Å². The van der Waals surface area contributed by atoms with E-state index in [9.17, 15) is 0 Å². The first-order valence-corrected chi connectivity index (χ1v) is 6.80. The van der Waals surface area contributed by atoms with Gasteiger partial charge in [0.15, 0.2) is 0 Å². The van der Waals surface area contributed by atoms with Crippen LogP contribution in [0.2, 0.25) is 0 Å². The zero-order chi connectivity index (χ0) is 13.2. The fourth-order valence-corrected chi connectivity index (χ4v) is 2.50. The lowest BCUT2D eigenvalue weighted by Gasteiger charge is -2.31. The molecule has 0 aliphatic carbocycles. The fourth-order valence-electron chi connectivity index (χ4n) is 2.50. The first kappa shape index (κ1) is 13.1. The minimum atomic E-state index is -0.140. The van der Waals surface area contributed by atoms with Crippen molar-refractivity contribution in [3.05, 3.63) is 48.0 Å². The largest absolute Gasteiger partial charge is 0.325 e. The summed E-state index contributed by atoms with van der Waals surface area (Å²) in [5.74, 6) is 0.525. The van der Waals surface area contributed by atoms with E-state index in [0.717, 1.165) is 12.8 Å². The van der Waals surface area contributed by atoms with Crippen LogP contribution in [0.3, 0.4) is 0 Å². The summed E-state index contributed by atoms with van der Waals surface area (Å²) in [5, 5.41) is 2.63. The van der Waals surface area contributed by atoms with Crippen molar-refractivity contribution < 1.29 is 0 Å². The fraction of sp³-hybridized carbons (Fsp3) is 0.412. The Bertz CT molecular complexity index is 523. The molecule has 2 aromatic rings. The maximum absolute atomic E-state index is 6.49. The van der Waals surface area contributed by atoms with Crippen LogP contribution in [0.15, 0.2) is 42.5 Å². The quantitative estimate of drug-likeness (QED) is 0.855. The molecule has 2 rings (SSSR count). The molecule has 1 heteroatoms. The molecule has 0 aliphatic heterocycles. The van der Waals surface area contributed by atoms with Gasteiger partial charge in [-0.1, -0.05) is 62.7 Å². The van der Waals surface area contributed by atoms with E-state index in [1.807, 2.05) is 0 Å². The Labute approximate surface area is 110 Å². The van der Waals surface area contributed by atoms with Crippen molar-refractivity contribution in [2.45, 2.75) is 39.2 Å². The molecule has 1 nitrogen and oxygen atoms in total. The highest BCUT2D eigenvalue weighted by Crippen LogP contribution is 2.26. The lowest BCUT2D eigenvalue weighted by molar-refractivity contribution is 0.307. The Balaban J connectivity index is 2.38. The van der Waals surface area contributed by atoms with Crippen LogP contribution in [0.25, 0.3) is 10.8 Å². The van der Waals surface area contributed by atoms with Crippen molar-refractivity contribution in [3.63, 3.8) is 0 Å². The predicted octanol–water partition coefficient (Wildman–Crippen LogP) is 4.15. The third-order valence-corrected chi connectivity index (χ3v) is 4.19. The Hall–Kier alpha value is -1.34. The van der Waals surface area contributed by atoms with E-state index < -0.39 is 0 Å². The second-order valence-corrected chi connectivity index (χ2v) is 5.63. The molecule has 2 N–H and O–H groups in total. The molecule has 0 bridgehead atoms. The van der Waals surface area contributed by atoms with Gasteiger partial charge in [-0.05, 0) is 35.6 Å². The van der Waals surface area contributed by atoms with Crippen LogP contribution in [-0.2, 0) is 6.42 Å². The SMILES string of the molecule is CCC(C)C(C)(N)Cc1cccc2ccccc12. The van der Waals surface area contributed by atoms with Gasteiger partial charge in [0, 0.05) is 5.54 Å². The van der Waals surface area contributed by atoms with E-state index in [1.54, 1.807) is 0 Å². The summed E-state index contributed by atoms with van der Waals surface area (Å²) in [6.45, 7) is 6.62. The summed E-state index contributed by atoms with van der Waals surface area (Å²) in [5.41, 5.74) is 7.71. The summed E-state index contributed by atoms with van der Waals surface area (Å²) in [4.78, 5) is 0. The topological polar surface area (TPSA) is 26.0 Å². The highest BCUT2D eigenvalue weighted by Gasteiger charge is 2.25. The Morgan fingerprint density at radius 3 is 2.50 bits per heavy atom. The van der Waals surface area contributed by atoms with Gasteiger partial charge >= 0.3 is 0 Å². The van der Waals surface area contributed by atoms with Crippen LogP contribution >= 0.6 is 0 Å². The Morgan fingerprint density at radius 1 is 1.11 bits per heavy atom. The van der Waals surface area contributed by atoms with Crippen molar-refractivity contribution in [2.75, 3.05) is 0 Å². The highest BCUT2D eigenvalue weighted by molar-refractivity contribution is 5.85. The molecule has 0 saturated carbocycles. The smallest absolute Gasteiger partial charge is 0.0192 e. The number of rotatable bonds is 4. The third-order valence-electron chi connectivity index (χ3n) is 4.19. The average molecular weight is 241 g/mol. The van der Waals surface area contributed by atoms with Crippen molar-refractivity contribution in [1.29, 1.82) is 0 Å². The normalized spacial score (nSPS) is 16.4. The van der Waals surface area contributed by atoms with E-state index >= 15 is 0 Å². The van der Waals surface area contributed by atoms with E-state index in [4.69, 9.17) is 5.73 Å². The van der Waals surface area contributed by atoms with E-state index in [-0.39, 0.29) is 5.54 Å². The molecular weight excluding hydrogens is 218 g/mol. The first-order chi connectivity index (χ1) is 8.54. The molecule has 0 heterocycles. The van der Waals surface area contributed by atoms with Crippen LogP contribution < -0.4 is 5.73 Å². The summed E-state index contributed by atoms with van der Waals surface area (Å²) >= 11 is 0. The average Bonchev–Trinajstić information content (AvgIpc) is 2.38. The maximum Gasteiger partial charge on any atom is 0.0192 e. The molecule has 0 aromatic heterocycles. The highest BCUT2D eigenvalue weighted by atomic mass is 14.7. The van der Waals surface area contributed by atoms with Gasteiger partial charge in [-0.15, -0.1) is 0 Å². The van der Waals surface area contributed by atoms with Gasteiger partial charge in [-0.3, -0.25) is 0 Å². The maximum atomic E-state index is 6.49. The number of hydrogen-bond donors (Lipinski definition) is 1. The monoisotopic (exact) mass is 241 g/mol. The molecule has 0 fully saturated rings. The van der Waals surface area contributed by atoms with Crippen LogP contribution in [0.1, 0.15) is 32.8 Å². The molecule has 2 aromatic carbocycles. The molecule has 0 spiro atoms. The van der Waals surface area contributed by atoms with Crippen LogP contribution in [0.4, 0.5) is 0 Å². The summed E-state index contributed by atoms with van der Waals surface area (Å²) in [6, 6.07) is 15.0. The van der Waals surface area contributed by atoms with E-state index in [1.165, 1.54) is 16.3 Å². The number of hydrogen-bond acceptors (Lipinski definition) is 1. The number of benzene rings is 2. The minimum absolute atomic E-state index is 0.140. The Kier molecular flexibility index (Phi) is 3.72. The van der Waals surface area contributed by atoms with Gasteiger partial charge in [0.1, 0.15) is 0 Å². The van der Waals surface area contributed by atoms with Crippen LogP contribution in [0, 0.1) is 5.92 Å². The summed E-state index contributed by atoms with van der Waals surface area (Å²) < 4.78 is 0. The molecule has 0 amide bonds. The lowest BCUT2D eigenvalue weighted by atomic mass is 9.80. The summed E-state index contributed by atoms with van der Waals surface area (Å²) in [7, 11) is 0. The third kappa shape index (κ3) is 2.56. The molecule has 18 heavy (non-hydrogen) atoms. The zero-order valence-corrected chi connectivity index (χ0v) is 11.6. The first-order valence-electron chi connectivity index (χ1n) is 6.80. The second kappa shape index (κ2) is 5.11.